The number of hydrogen-bond acceptors (Lipinski definition) is 6. The van der Waals surface area contributed by atoms with Crippen molar-refractivity contribution in [1.82, 2.24) is 14.6 Å². The zero-order valence-electron chi connectivity index (χ0n) is 17.8. The summed E-state index contributed by atoms with van der Waals surface area (Å²) in [6.45, 7) is 1.16. The van der Waals surface area contributed by atoms with E-state index in [0.717, 1.165) is 31.2 Å². The van der Waals surface area contributed by atoms with Crippen LogP contribution in [0.5, 0.6) is 11.5 Å². The van der Waals surface area contributed by atoms with E-state index in [9.17, 15) is 13.2 Å². The summed E-state index contributed by atoms with van der Waals surface area (Å²) >= 11 is 0. The molecule has 1 aliphatic carbocycles. The van der Waals surface area contributed by atoms with Crippen LogP contribution in [0, 0.1) is 5.92 Å². The third-order valence-electron chi connectivity index (χ3n) is 6.64. The van der Waals surface area contributed by atoms with Crippen LogP contribution in [0.4, 0.5) is 0 Å². The predicted molar refractivity (Wildman–Crippen MR) is 117 cm³/mol. The lowest BCUT2D eigenvalue weighted by molar-refractivity contribution is -0.124. The minimum absolute atomic E-state index is 0.139. The summed E-state index contributed by atoms with van der Waals surface area (Å²) < 4.78 is 40.2. The van der Waals surface area contributed by atoms with Crippen molar-refractivity contribution in [3.63, 3.8) is 0 Å². The van der Waals surface area contributed by atoms with E-state index in [4.69, 9.17) is 9.47 Å². The number of nitrogens with zero attached hydrogens (tertiary/aromatic N) is 2. The molecule has 2 aliphatic heterocycles. The van der Waals surface area contributed by atoms with Crippen molar-refractivity contribution in [2.75, 3.05) is 13.2 Å². The number of carbonyl (C=O) groups is 1. The third-order valence-corrected chi connectivity index (χ3v) is 8.57. The van der Waals surface area contributed by atoms with Gasteiger partial charge in [-0.15, -0.1) is 0 Å². The number of rotatable bonds is 5. The maximum absolute atomic E-state index is 13.8. The highest BCUT2D eigenvalue weighted by atomic mass is 32.2. The predicted octanol–water partition coefficient (Wildman–Crippen LogP) is 2.49. The summed E-state index contributed by atoms with van der Waals surface area (Å²) in [6.07, 6.45) is 7.67. The maximum Gasteiger partial charge on any atom is 0.244 e. The van der Waals surface area contributed by atoms with E-state index >= 15 is 0 Å². The second-order valence-electron chi connectivity index (χ2n) is 8.58. The molecule has 1 saturated carbocycles. The molecule has 1 aromatic carbocycles. The number of benzene rings is 1. The molecular weight excluding hydrogens is 430 g/mol. The van der Waals surface area contributed by atoms with Crippen LogP contribution in [-0.2, 0) is 21.4 Å². The van der Waals surface area contributed by atoms with Gasteiger partial charge >= 0.3 is 0 Å². The molecule has 5 rings (SSSR count). The Hall–Kier alpha value is -2.65. The second kappa shape index (κ2) is 8.71. The number of sulfonamides is 1. The number of hydrogen-bond donors (Lipinski definition) is 1. The van der Waals surface area contributed by atoms with E-state index in [1.165, 1.54) is 10.4 Å². The molecule has 1 saturated heterocycles. The number of carbonyl (C=O) groups excluding carboxylic acids is 1. The fraction of sp³-hybridized carbons (Fsp3) is 0.478. The highest BCUT2D eigenvalue weighted by Crippen LogP contribution is 2.43. The standard InChI is InChI=1S/C23H27N3O5S/c27-23(25-15-16-7-9-24-10-8-16)20-13-17-3-1-2-4-19(17)26(20)32(28,29)18-5-6-21-22(14-18)31-12-11-30-21/h5-10,14,17,19-20H,1-4,11-13,15H2,(H,25,27). The van der Waals surface area contributed by atoms with Crippen LogP contribution in [0.25, 0.3) is 0 Å². The van der Waals surface area contributed by atoms with Crippen molar-refractivity contribution in [1.29, 1.82) is 0 Å². The molecule has 1 N–H and O–H groups in total. The van der Waals surface area contributed by atoms with Crippen molar-refractivity contribution >= 4 is 15.9 Å². The number of amides is 1. The van der Waals surface area contributed by atoms with Gasteiger partial charge in [-0.1, -0.05) is 12.8 Å². The largest absolute Gasteiger partial charge is 0.486 e. The van der Waals surface area contributed by atoms with Crippen molar-refractivity contribution in [3.8, 4) is 11.5 Å². The van der Waals surface area contributed by atoms with E-state index < -0.39 is 16.1 Å². The van der Waals surface area contributed by atoms with Gasteiger partial charge < -0.3 is 14.8 Å². The lowest BCUT2D eigenvalue weighted by atomic mass is 9.85. The zero-order valence-corrected chi connectivity index (χ0v) is 18.6. The molecule has 0 bridgehead atoms. The Bertz CT molecular complexity index is 1090. The zero-order chi connectivity index (χ0) is 22.1. The quantitative estimate of drug-likeness (QED) is 0.741. The van der Waals surface area contributed by atoms with Crippen LogP contribution in [0.15, 0.2) is 47.6 Å². The smallest absolute Gasteiger partial charge is 0.244 e. The van der Waals surface area contributed by atoms with Crippen LogP contribution in [-0.4, -0.2) is 48.9 Å². The molecule has 32 heavy (non-hydrogen) atoms. The molecule has 3 unspecified atom stereocenters. The average molecular weight is 458 g/mol. The van der Waals surface area contributed by atoms with Crippen LogP contribution < -0.4 is 14.8 Å². The van der Waals surface area contributed by atoms with Gasteiger partial charge in [0.25, 0.3) is 0 Å². The van der Waals surface area contributed by atoms with E-state index in [2.05, 4.69) is 10.3 Å². The van der Waals surface area contributed by atoms with E-state index in [1.54, 1.807) is 24.5 Å². The first-order valence-corrected chi connectivity index (χ1v) is 12.6. The molecule has 170 valence electrons. The highest BCUT2D eigenvalue weighted by molar-refractivity contribution is 7.89. The Morgan fingerprint density at radius 1 is 1.06 bits per heavy atom. The molecule has 3 aliphatic rings. The molecule has 8 nitrogen and oxygen atoms in total. The van der Waals surface area contributed by atoms with Gasteiger partial charge in [0, 0.05) is 31.0 Å². The van der Waals surface area contributed by atoms with Crippen LogP contribution >= 0.6 is 0 Å². The minimum Gasteiger partial charge on any atom is -0.486 e. The van der Waals surface area contributed by atoms with Crippen molar-refractivity contribution < 1.29 is 22.7 Å². The summed E-state index contributed by atoms with van der Waals surface area (Å²) in [5.41, 5.74) is 0.921. The fourth-order valence-corrected chi connectivity index (χ4v) is 6.99. The Balaban J connectivity index is 1.43. The molecule has 3 atom stereocenters. The summed E-state index contributed by atoms with van der Waals surface area (Å²) in [7, 11) is -3.89. The molecule has 9 heteroatoms. The van der Waals surface area contributed by atoms with Gasteiger partial charge in [-0.05, 0) is 55.0 Å². The first kappa shape index (κ1) is 21.2. The monoisotopic (exact) mass is 457 g/mol. The van der Waals surface area contributed by atoms with E-state index in [0.29, 0.717) is 37.7 Å². The van der Waals surface area contributed by atoms with E-state index in [1.807, 2.05) is 12.1 Å². The molecule has 0 spiro atoms. The lowest BCUT2D eigenvalue weighted by Crippen LogP contribution is -2.49. The molecule has 2 fully saturated rings. The number of ether oxygens (including phenoxy) is 2. The average Bonchev–Trinajstić information content (AvgIpc) is 3.23. The molecule has 1 amide bonds. The van der Waals surface area contributed by atoms with Crippen molar-refractivity contribution in [2.24, 2.45) is 5.92 Å². The van der Waals surface area contributed by atoms with Gasteiger partial charge in [0.2, 0.25) is 15.9 Å². The van der Waals surface area contributed by atoms with Crippen LogP contribution in [0.2, 0.25) is 0 Å². The third kappa shape index (κ3) is 3.95. The van der Waals surface area contributed by atoms with Gasteiger partial charge in [0.15, 0.2) is 11.5 Å². The van der Waals surface area contributed by atoms with Crippen LogP contribution in [0.1, 0.15) is 37.7 Å². The number of nitrogens with one attached hydrogen (secondary N) is 1. The Morgan fingerprint density at radius 3 is 2.62 bits per heavy atom. The van der Waals surface area contributed by atoms with Gasteiger partial charge in [0.1, 0.15) is 19.3 Å². The van der Waals surface area contributed by atoms with Crippen molar-refractivity contribution in [3.05, 3.63) is 48.3 Å². The highest BCUT2D eigenvalue weighted by Gasteiger charge is 2.51. The first-order valence-electron chi connectivity index (χ1n) is 11.1. The fourth-order valence-electron chi connectivity index (χ4n) is 5.10. The van der Waals surface area contributed by atoms with Gasteiger partial charge in [0.05, 0.1) is 4.90 Å². The molecule has 3 heterocycles. The molecule has 0 radical (unpaired) electrons. The Labute approximate surface area is 188 Å². The SMILES string of the molecule is O=C(NCc1ccncc1)C1CC2CCCCC2N1S(=O)(=O)c1ccc2c(c1)OCCO2. The number of fused-ring (bicyclic) bond motifs is 2. The summed E-state index contributed by atoms with van der Waals surface area (Å²) in [5.74, 6) is 0.916. The molecular formula is C23H27N3O5S. The van der Waals surface area contributed by atoms with E-state index in [-0.39, 0.29) is 22.8 Å². The number of pyridine rings is 1. The second-order valence-corrected chi connectivity index (χ2v) is 10.4. The van der Waals surface area contributed by atoms with Crippen molar-refractivity contribution in [2.45, 2.75) is 55.6 Å². The topological polar surface area (TPSA) is 97.8 Å². The first-order chi connectivity index (χ1) is 15.5. The number of aromatic nitrogens is 1. The molecule has 1 aromatic heterocycles. The summed E-state index contributed by atoms with van der Waals surface area (Å²) in [5, 5.41) is 2.94. The Morgan fingerprint density at radius 2 is 1.81 bits per heavy atom. The van der Waals surface area contributed by atoms with Gasteiger partial charge in [-0.25, -0.2) is 8.42 Å². The normalized spacial score (nSPS) is 25.2. The maximum atomic E-state index is 13.8. The summed E-state index contributed by atoms with van der Waals surface area (Å²) in [6, 6.07) is 7.49. The van der Waals surface area contributed by atoms with Crippen LogP contribution in [0.3, 0.4) is 0 Å². The minimum atomic E-state index is -3.89. The molecule has 2 aromatic rings. The van der Waals surface area contributed by atoms with Gasteiger partial charge in [-0.2, -0.15) is 4.31 Å². The Kier molecular flexibility index (Phi) is 5.77. The lowest BCUT2D eigenvalue weighted by Gasteiger charge is -2.33. The van der Waals surface area contributed by atoms with Gasteiger partial charge in [-0.3, -0.25) is 9.78 Å². The summed E-state index contributed by atoms with van der Waals surface area (Å²) in [4.78, 5) is 17.3.